The van der Waals surface area contributed by atoms with E-state index in [1.165, 1.54) is 36.1 Å². The van der Waals surface area contributed by atoms with Crippen LogP contribution in [0, 0.1) is 5.41 Å². The van der Waals surface area contributed by atoms with E-state index in [4.69, 9.17) is 4.98 Å². The number of hydrogen-bond acceptors (Lipinski definition) is 3. The molecule has 1 aliphatic carbocycles. The molecule has 0 fully saturated rings. The largest absolute Gasteiger partial charge is 0.263 e. The SMILES string of the molecule is CC[n+]1c(C=C2C=C(Cc3nc4ccccc4s3)CC(C)(C)C2)sc2ccccc21. The van der Waals surface area contributed by atoms with Gasteiger partial charge in [-0.25, -0.2) is 4.98 Å². The van der Waals surface area contributed by atoms with Crippen LogP contribution in [0.1, 0.15) is 43.6 Å². The van der Waals surface area contributed by atoms with E-state index in [9.17, 15) is 0 Å². The summed E-state index contributed by atoms with van der Waals surface area (Å²) in [7, 11) is 0. The van der Waals surface area contributed by atoms with Crippen molar-refractivity contribution in [2.75, 3.05) is 0 Å². The molecule has 1 aliphatic rings. The summed E-state index contributed by atoms with van der Waals surface area (Å²) in [4.78, 5) is 4.88. The van der Waals surface area contributed by atoms with E-state index in [0.29, 0.717) is 0 Å². The first-order valence-electron chi connectivity index (χ1n) is 10.7. The Kier molecular flexibility index (Phi) is 5.08. The summed E-state index contributed by atoms with van der Waals surface area (Å²) in [6.07, 6.45) is 8.09. The van der Waals surface area contributed by atoms with Crippen molar-refractivity contribution in [1.82, 2.24) is 4.98 Å². The summed E-state index contributed by atoms with van der Waals surface area (Å²) in [6, 6.07) is 17.2. The van der Waals surface area contributed by atoms with Gasteiger partial charge in [0, 0.05) is 18.6 Å². The highest BCUT2D eigenvalue weighted by molar-refractivity contribution is 7.19. The van der Waals surface area contributed by atoms with Crippen LogP contribution in [-0.4, -0.2) is 4.98 Å². The molecule has 4 heteroatoms. The van der Waals surface area contributed by atoms with Gasteiger partial charge in [-0.05, 0) is 49.0 Å². The van der Waals surface area contributed by atoms with Crippen molar-refractivity contribution in [1.29, 1.82) is 0 Å². The van der Waals surface area contributed by atoms with E-state index in [1.54, 1.807) is 0 Å². The summed E-state index contributed by atoms with van der Waals surface area (Å²) in [6.45, 7) is 8.02. The van der Waals surface area contributed by atoms with E-state index in [2.05, 4.69) is 86.0 Å². The Morgan fingerprint density at radius 1 is 1.00 bits per heavy atom. The molecule has 152 valence electrons. The van der Waals surface area contributed by atoms with Gasteiger partial charge in [0.25, 0.3) is 5.01 Å². The molecular formula is C26H27N2S2+. The minimum atomic E-state index is 0.278. The molecule has 2 nitrogen and oxygen atoms in total. The molecule has 0 saturated heterocycles. The van der Waals surface area contributed by atoms with Crippen LogP contribution in [0.15, 0.2) is 65.8 Å². The van der Waals surface area contributed by atoms with Gasteiger partial charge in [0.1, 0.15) is 11.2 Å². The van der Waals surface area contributed by atoms with Crippen molar-refractivity contribution >= 4 is 49.2 Å². The number of thiazole rings is 2. The second-order valence-corrected chi connectivity index (χ2v) is 11.1. The highest BCUT2D eigenvalue weighted by Gasteiger charge is 2.27. The van der Waals surface area contributed by atoms with Crippen LogP contribution in [-0.2, 0) is 13.0 Å². The normalized spacial score (nSPS) is 17.7. The molecule has 0 aliphatic heterocycles. The number of allylic oxidation sites excluding steroid dienone is 3. The molecule has 2 aromatic heterocycles. The Morgan fingerprint density at radius 2 is 1.77 bits per heavy atom. The zero-order chi connectivity index (χ0) is 20.7. The van der Waals surface area contributed by atoms with Gasteiger partial charge in [0.15, 0.2) is 0 Å². The van der Waals surface area contributed by atoms with Crippen LogP contribution in [0.5, 0.6) is 0 Å². The van der Waals surface area contributed by atoms with Crippen LogP contribution in [0.25, 0.3) is 26.5 Å². The van der Waals surface area contributed by atoms with Crippen LogP contribution in [0.2, 0.25) is 0 Å². The summed E-state index contributed by atoms with van der Waals surface area (Å²) >= 11 is 3.73. The number of rotatable bonds is 4. The number of fused-ring (bicyclic) bond motifs is 2. The molecule has 0 spiro atoms. The van der Waals surface area contributed by atoms with E-state index in [1.807, 2.05) is 22.7 Å². The second kappa shape index (κ2) is 7.75. The molecule has 0 bridgehead atoms. The van der Waals surface area contributed by atoms with E-state index in [-0.39, 0.29) is 5.41 Å². The smallest absolute Gasteiger partial charge is 0.241 e. The van der Waals surface area contributed by atoms with Gasteiger partial charge in [-0.15, -0.1) is 11.3 Å². The van der Waals surface area contributed by atoms with Crippen LogP contribution >= 0.6 is 22.7 Å². The zero-order valence-corrected chi connectivity index (χ0v) is 19.4. The third-order valence-corrected chi connectivity index (χ3v) is 7.90. The Balaban J connectivity index is 1.51. The van der Waals surface area contributed by atoms with Gasteiger partial charge in [-0.3, -0.25) is 0 Å². The summed E-state index contributed by atoms with van der Waals surface area (Å²) in [5.74, 6) is 0. The first-order chi connectivity index (χ1) is 14.5. The third-order valence-electron chi connectivity index (χ3n) is 5.76. The van der Waals surface area contributed by atoms with Crippen molar-refractivity contribution < 1.29 is 4.57 Å². The molecule has 5 rings (SSSR count). The predicted octanol–water partition coefficient (Wildman–Crippen LogP) is 7.19. The lowest BCUT2D eigenvalue weighted by Gasteiger charge is -2.31. The maximum Gasteiger partial charge on any atom is 0.263 e. The van der Waals surface area contributed by atoms with Crippen molar-refractivity contribution in [2.45, 2.75) is 46.6 Å². The van der Waals surface area contributed by atoms with Crippen molar-refractivity contribution in [3.8, 4) is 0 Å². The number of nitrogens with zero attached hydrogens (tertiary/aromatic N) is 2. The number of aryl methyl sites for hydroxylation is 1. The van der Waals surface area contributed by atoms with Gasteiger partial charge in [0.05, 0.1) is 15.2 Å². The lowest BCUT2D eigenvalue weighted by Crippen LogP contribution is -2.33. The first-order valence-corrected chi connectivity index (χ1v) is 12.3. The van der Waals surface area contributed by atoms with E-state index >= 15 is 0 Å². The highest BCUT2D eigenvalue weighted by atomic mass is 32.1. The number of hydrogen-bond donors (Lipinski definition) is 0. The Morgan fingerprint density at radius 3 is 2.57 bits per heavy atom. The van der Waals surface area contributed by atoms with Gasteiger partial charge in [0.2, 0.25) is 5.52 Å². The van der Waals surface area contributed by atoms with Gasteiger partial charge < -0.3 is 0 Å². The number of para-hydroxylation sites is 2. The first kappa shape index (κ1) is 19.7. The van der Waals surface area contributed by atoms with Gasteiger partial charge >= 0.3 is 0 Å². The van der Waals surface area contributed by atoms with Gasteiger partial charge in [-0.2, -0.15) is 4.57 Å². The predicted molar refractivity (Wildman–Crippen MR) is 130 cm³/mol. The lowest BCUT2D eigenvalue weighted by molar-refractivity contribution is -0.665. The molecule has 0 saturated carbocycles. The summed E-state index contributed by atoms with van der Waals surface area (Å²) in [5.41, 5.74) is 5.68. The molecule has 0 amide bonds. The second-order valence-electron chi connectivity index (χ2n) is 8.94. The number of aromatic nitrogens is 2. The van der Waals surface area contributed by atoms with Crippen molar-refractivity contribution in [2.24, 2.45) is 5.41 Å². The van der Waals surface area contributed by atoms with Crippen LogP contribution in [0.4, 0.5) is 0 Å². The van der Waals surface area contributed by atoms with Crippen molar-refractivity contribution in [3.05, 3.63) is 75.8 Å². The minimum absolute atomic E-state index is 0.278. The molecule has 30 heavy (non-hydrogen) atoms. The number of benzene rings is 2. The minimum Gasteiger partial charge on any atom is -0.241 e. The third kappa shape index (κ3) is 3.86. The van der Waals surface area contributed by atoms with Crippen LogP contribution < -0.4 is 4.57 Å². The fourth-order valence-electron chi connectivity index (χ4n) is 4.64. The fourth-order valence-corrected chi connectivity index (χ4v) is 6.86. The van der Waals surface area contributed by atoms with E-state index in [0.717, 1.165) is 31.3 Å². The van der Waals surface area contributed by atoms with E-state index < -0.39 is 0 Å². The Hall–Kier alpha value is -2.30. The quantitative estimate of drug-likeness (QED) is 0.312. The summed E-state index contributed by atoms with van der Waals surface area (Å²) in [5, 5.41) is 2.58. The molecule has 0 N–H and O–H groups in total. The molecule has 4 aromatic rings. The molecule has 2 heterocycles. The fraction of sp³-hybridized carbons (Fsp3) is 0.308. The maximum absolute atomic E-state index is 4.88. The summed E-state index contributed by atoms with van der Waals surface area (Å²) < 4.78 is 5.09. The topological polar surface area (TPSA) is 16.8 Å². The Labute approximate surface area is 186 Å². The monoisotopic (exact) mass is 431 g/mol. The molecule has 0 atom stereocenters. The molecular weight excluding hydrogens is 404 g/mol. The highest BCUT2D eigenvalue weighted by Crippen LogP contribution is 2.40. The molecule has 0 unspecified atom stereocenters. The van der Waals surface area contributed by atoms with Crippen molar-refractivity contribution in [3.63, 3.8) is 0 Å². The molecule has 0 radical (unpaired) electrons. The average molecular weight is 432 g/mol. The molecule has 2 aromatic carbocycles. The maximum atomic E-state index is 4.88. The average Bonchev–Trinajstić information content (AvgIpc) is 3.26. The lowest BCUT2D eigenvalue weighted by atomic mass is 9.74. The zero-order valence-electron chi connectivity index (χ0n) is 17.8. The van der Waals surface area contributed by atoms with Gasteiger partial charge in [-0.1, -0.05) is 61.1 Å². The Bertz CT molecular complexity index is 1250. The standard InChI is InChI=1S/C26H27N2S2/c1-4-28-21-10-6-8-12-23(21)30-25(28)15-19-13-18(16-26(2,3)17-19)14-24-27-20-9-5-7-11-22(20)29-24/h5-13,15H,4,14,16-17H2,1-3H3/q+1. The van der Waals surface area contributed by atoms with Crippen LogP contribution in [0.3, 0.4) is 0 Å².